The molecular formula is C26H27N5O4S. The third-order valence-corrected chi connectivity index (χ3v) is 7.49. The van der Waals surface area contributed by atoms with E-state index in [4.69, 9.17) is 9.84 Å². The first-order valence-electron chi connectivity index (χ1n) is 11.8. The van der Waals surface area contributed by atoms with Gasteiger partial charge in [-0.2, -0.15) is 5.10 Å². The Bertz CT molecular complexity index is 1510. The first kappa shape index (κ1) is 24.0. The fraction of sp³-hybridized carbons (Fsp3) is 0.269. The van der Waals surface area contributed by atoms with E-state index in [1.54, 1.807) is 10.7 Å². The number of ether oxygens (including phenoxy) is 1. The molecule has 0 radical (unpaired) electrons. The molecule has 1 N–H and O–H groups in total. The summed E-state index contributed by atoms with van der Waals surface area (Å²) in [6.45, 7) is 6.43. The van der Waals surface area contributed by atoms with Crippen molar-refractivity contribution in [3.05, 3.63) is 72.1 Å². The molecule has 10 heteroatoms. The number of benzene rings is 2. The number of carbonyl (C=O) groups excluding carboxylic acids is 1. The Kier molecular flexibility index (Phi) is 6.46. The van der Waals surface area contributed by atoms with Crippen molar-refractivity contribution in [1.82, 2.24) is 19.5 Å². The SMILES string of the molecule is CCS(=O)(=O)NC(=O)c1cc(-c2ccc(N3CCOCC3)cc2)c2c(C)nn(-c3ccccc3)c2n1. The minimum atomic E-state index is -3.75. The van der Waals surface area contributed by atoms with Crippen molar-refractivity contribution < 1.29 is 17.9 Å². The number of sulfonamides is 1. The van der Waals surface area contributed by atoms with Crippen LogP contribution in [0.25, 0.3) is 27.8 Å². The highest BCUT2D eigenvalue weighted by Gasteiger charge is 2.22. The van der Waals surface area contributed by atoms with E-state index >= 15 is 0 Å². The molecule has 2 aromatic heterocycles. The maximum atomic E-state index is 13.0. The van der Waals surface area contributed by atoms with Crippen molar-refractivity contribution in [2.24, 2.45) is 0 Å². The molecule has 1 aliphatic heterocycles. The Morgan fingerprint density at radius 2 is 1.72 bits per heavy atom. The van der Waals surface area contributed by atoms with Gasteiger partial charge in [0.15, 0.2) is 5.65 Å². The lowest BCUT2D eigenvalue weighted by atomic mass is 10.0. The predicted octanol–water partition coefficient (Wildman–Crippen LogP) is 3.31. The summed E-state index contributed by atoms with van der Waals surface area (Å²) in [5, 5.41) is 5.51. The number of amides is 1. The first-order valence-corrected chi connectivity index (χ1v) is 13.5. The van der Waals surface area contributed by atoms with E-state index < -0.39 is 15.9 Å². The number of anilines is 1. The zero-order chi connectivity index (χ0) is 25.3. The zero-order valence-corrected chi connectivity index (χ0v) is 21.0. The summed E-state index contributed by atoms with van der Waals surface area (Å²) in [6.07, 6.45) is 0. The highest BCUT2D eigenvalue weighted by atomic mass is 32.2. The maximum Gasteiger partial charge on any atom is 0.283 e. The molecule has 1 fully saturated rings. The molecule has 0 aliphatic carbocycles. The molecule has 0 spiro atoms. The standard InChI is InChI=1S/C26H27N5O4S/c1-3-36(33,34)29-26(32)23-17-22(19-9-11-20(12-10-19)30-13-15-35-16-14-30)24-18(2)28-31(25(24)27-23)21-7-5-4-6-8-21/h4-12,17H,3,13-16H2,1-2H3,(H,29,32). The number of morpholine rings is 1. The van der Waals surface area contributed by atoms with E-state index in [2.05, 4.69) is 14.6 Å². The Balaban J connectivity index is 1.66. The van der Waals surface area contributed by atoms with E-state index in [9.17, 15) is 13.2 Å². The van der Waals surface area contributed by atoms with Crippen LogP contribution in [-0.2, 0) is 14.8 Å². The topological polar surface area (TPSA) is 106 Å². The number of fused-ring (bicyclic) bond motifs is 1. The van der Waals surface area contributed by atoms with E-state index in [1.165, 1.54) is 6.92 Å². The number of pyridine rings is 1. The van der Waals surface area contributed by atoms with Gasteiger partial charge in [0.25, 0.3) is 5.91 Å². The van der Waals surface area contributed by atoms with Crippen LogP contribution in [0.15, 0.2) is 60.7 Å². The lowest BCUT2D eigenvalue weighted by Gasteiger charge is -2.29. The predicted molar refractivity (Wildman–Crippen MR) is 139 cm³/mol. The van der Waals surface area contributed by atoms with Crippen molar-refractivity contribution in [3.63, 3.8) is 0 Å². The van der Waals surface area contributed by atoms with Crippen LogP contribution in [0.1, 0.15) is 23.1 Å². The Labute approximate surface area is 209 Å². The van der Waals surface area contributed by atoms with Gasteiger partial charge in [0.2, 0.25) is 10.0 Å². The molecule has 1 saturated heterocycles. The quantitative estimate of drug-likeness (QED) is 0.428. The van der Waals surface area contributed by atoms with Crippen molar-refractivity contribution in [1.29, 1.82) is 0 Å². The van der Waals surface area contributed by atoms with Crippen molar-refractivity contribution in [3.8, 4) is 16.8 Å². The molecule has 1 amide bonds. The second kappa shape index (κ2) is 9.71. The fourth-order valence-corrected chi connectivity index (χ4v) is 4.85. The monoisotopic (exact) mass is 505 g/mol. The van der Waals surface area contributed by atoms with Gasteiger partial charge in [0.05, 0.1) is 35.7 Å². The minimum Gasteiger partial charge on any atom is -0.378 e. The molecule has 9 nitrogen and oxygen atoms in total. The maximum absolute atomic E-state index is 13.0. The summed E-state index contributed by atoms with van der Waals surface area (Å²) in [7, 11) is -3.75. The van der Waals surface area contributed by atoms with Crippen LogP contribution < -0.4 is 9.62 Å². The first-order chi connectivity index (χ1) is 17.4. The van der Waals surface area contributed by atoms with Gasteiger partial charge in [-0.1, -0.05) is 30.3 Å². The number of hydrogen-bond acceptors (Lipinski definition) is 7. The second-order valence-electron chi connectivity index (χ2n) is 8.57. The van der Waals surface area contributed by atoms with Crippen molar-refractivity contribution >= 4 is 32.7 Å². The Morgan fingerprint density at radius 1 is 1.03 bits per heavy atom. The summed E-state index contributed by atoms with van der Waals surface area (Å²) in [5.74, 6) is -0.985. The molecule has 4 aromatic rings. The molecule has 186 valence electrons. The highest BCUT2D eigenvalue weighted by molar-refractivity contribution is 7.90. The van der Waals surface area contributed by atoms with Crippen molar-refractivity contribution in [2.75, 3.05) is 37.0 Å². The molecular weight excluding hydrogens is 478 g/mol. The third kappa shape index (κ3) is 4.69. The van der Waals surface area contributed by atoms with Crippen LogP contribution in [0.5, 0.6) is 0 Å². The number of aryl methyl sites for hydroxylation is 1. The average Bonchev–Trinajstić information content (AvgIpc) is 3.25. The molecule has 36 heavy (non-hydrogen) atoms. The molecule has 5 rings (SSSR count). The van der Waals surface area contributed by atoms with Crippen molar-refractivity contribution in [2.45, 2.75) is 13.8 Å². The van der Waals surface area contributed by atoms with Crippen LogP contribution in [0.2, 0.25) is 0 Å². The number of aromatic nitrogens is 3. The van der Waals surface area contributed by atoms with Gasteiger partial charge >= 0.3 is 0 Å². The lowest BCUT2D eigenvalue weighted by Crippen LogP contribution is -2.36. The van der Waals surface area contributed by atoms with Crippen LogP contribution in [-0.4, -0.2) is 61.1 Å². The number of nitrogens with one attached hydrogen (secondary N) is 1. The summed E-state index contributed by atoms with van der Waals surface area (Å²) in [6, 6.07) is 19.2. The Hall–Kier alpha value is -3.76. The van der Waals surface area contributed by atoms with Gasteiger partial charge in [-0.3, -0.25) is 4.79 Å². The van der Waals surface area contributed by atoms with Gasteiger partial charge in [0.1, 0.15) is 5.69 Å². The van der Waals surface area contributed by atoms with Crippen LogP contribution in [0.3, 0.4) is 0 Å². The lowest BCUT2D eigenvalue weighted by molar-refractivity contribution is 0.0977. The normalized spacial score (nSPS) is 14.2. The third-order valence-electron chi connectivity index (χ3n) is 6.23. The van der Waals surface area contributed by atoms with Gasteiger partial charge in [-0.15, -0.1) is 0 Å². The van der Waals surface area contributed by atoms with E-state index in [0.29, 0.717) is 18.9 Å². The van der Waals surface area contributed by atoms with Crippen LogP contribution >= 0.6 is 0 Å². The van der Waals surface area contributed by atoms with Gasteiger partial charge in [0, 0.05) is 18.8 Å². The summed E-state index contributed by atoms with van der Waals surface area (Å²) >= 11 is 0. The minimum absolute atomic E-state index is 0.00358. The summed E-state index contributed by atoms with van der Waals surface area (Å²) in [4.78, 5) is 19.8. The average molecular weight is 506 g/mol. The van der Waals surface area contributed by atoms with Crippen LogP contribution in [0.4, 0.5) is 5.69 Å². The zero-order valence-electron chi connectivity index (χ0n) is 20.1. The van der Waals surface area contributed by atoms with Gasteiger partial charge < -0.3 is 9.64 Å². The molecule has 0 saturated carbocycles. The molecule has 0 atom stereocenters. The summed E-state index contributed by atoms with van der Waals surface area (Å²) < 4.78 is 33.4. The largest absolute Gasteiger partial charge is 0.378 e. The number of carbonyl (C=O) groups is 1. The summed E-state index contributed by atoms with van der Waals surface area (Å²) in [5.41, 5.74) is 4.75. The van der Waals surface area contributed by atoms with Gasteiger partial charge in [-0.25, -0.2) is 22.8 Å². The highest BCUT2D eigenvalue weighted by Crippen LogP contribution is 2.33. The molecule has 3 heterocycles. The van der Waals surface area contributed by atoms with Gasteiger partial charge in [-0.05, 0) is 55.3 Å². The molecule has 0 unspecified atom stereocenters. The number of nitrogens with zero attached hydrogens (tertiary/aromatic N) is 4. The second-order valence-corrected chi connectivity index (χ2v) is 10.6. The van der Waals surface area contributed by atoms with E-state index in [-0.39, 0.29) is 11.4 Å². The fourth-order valence-electron chi connectivity index (χ4n) is 4.32. The molecule has 2 aromatic carbocycles. The number of hydrogen-bond donors (Lipinski definition) is 1. The van der Waals surface area contributed by atoms with E-state index in [1.807, 2.05) is 61.5 Å². The number of rotatable bonds is 6. The molecule has 0 bridgehead atoms. The van der Waals surface area contributed by atoms with Crippen LogP contribution in [0, 0.1) is 6.92 Å². The molecule has 1 aliphatic rings. The van der Waals surface area contributed by atoms with E-state index in [0.717, 1.165) is 46.7 Å². The Morgan fingerprint density at radius 3 is 2.39 bits per heavy atom. The number of para-hydroxylation sites is 1. The smallest absolute Gasteiger partial charge is 0.283 e.